The van der Waals surface area contributed by atoms with Gasteiger partial charge in [0.05, 0.1) is 16.8 Å². The van der Waals surface area contributed by atoms with Crippen LogP contribution in [0.5, 0.6) is 0 Å². The van der Waals surface area contributed by atoms with Gasteiger partial charge >= 0.3 is 0 Å². The van der Waals surface area contributed by atoms with Gasteiger partial charge in [-0.15, -0.1) is 21.5 Å². The molecule has 1 saturated carbocycles. The largest absolute Gasteiger partial charge is 0.341 e. The molecule has 0 unspecified atom stereocenters. The molecule has 2 amide bonds. The van der Waals surface area contributed by atoms with Gasteiger partial charge in [0.15, 0.2) is 0 Å². The molecule has 5 rings (SSSR count). The van der Waals surface area contributed by atoms with Crippen LogP contribution in [0.15, 0.2) is 17.6 Å². The molecule has 1 fully saturated rings. The Kier molecular flexibility index (Phi) is 5.31. The van der Waals surface area contributed by atoms with Crippen molar-refractivity contribution in [2.45, 2.75) is 51.6 Å². The Morgan fingerprint density at radius 1 is 1.12 bits per heavy atom. The first-order valence-corrected chi connectivity index (χ1v) is 11.7. The summed E-state index contributed by atoms with van der Waals surface area (Å²) in [5.74, 6) is -3.63. The molecule has 2 aromatic heterocycles. The molecular formula is C23H21F2N5O3S. The Balaban J connectivity index is 1.43. The standard InChI is InChI=1S/C23H21F2N5O3S/c1-11-14(24)8-13(9-15(11)25)27-20(32)17-12(2)18(30-7-3-4-16(17)30)19(31)21(33)28-23(5-6-23)22-29-26-10-34-22/h8-10H,3-7H2,1-2H3,(H,27,32)(H,28,33). The number of hydrogen-bond donors (Lipinski definition) is 2. The third kappa shape index (κ3) is 3.60. The first-order valence-electron chi connectivity index (χ1n) is 10.8. The van der Waals surface area contributed by atoms with Gasteiger partial charge in [0.2, 0.25) is 0 Å². The number of ketones is 1. The topological polar surface area (TPSA) is 106 Å². The number of rotatable bonds is 6. The van der Waals surface area contributed by atoms with Crippen molar-refractivity contribution in [3.63, 3.8) is 0 Å². The van der Waals surface area contributed by atoms with Crippen molar-refractivity contribution >= 4 is 34.6 Å². The number of fused-ring (bicyclic) bond motifs is 1. The van der Waals surface area contributed by atoms with Gasteiger partial charge in [0.1, 0.15) is 22.2 Å². The number of amides is 2. The van der Waals surface area contributed by atoms with E-state index in [2.05, 4.69) is 20.8 Å². The Morgan fingerprint density at radius 2 is 1.82 bits per heavy atom. The second-order valence-corrected chi connectivity index (χ2v) is 9.51. The molecule has 0 atom stereocenters. The molecule has 2 N–H and O–H groups in total. The van der Waals surface area contributed by atoms with E-state index in [1.54, 1.807) is 17.0 Å². The van der Waals surface area contributed by atoms with Gasteiger partial charge in [0.25, 0.3) is 17.6 Å². The van der Waals surface area contributed by atoms with E-state index in [9.17, 15) is 23.2 Å². The Labute approximate surface area is 197 Å². The van der Waals surface area contributed by atoms with Crippen LogP contribution >= 0.6 is 11.3 Å². The van der Waals surface area contributed by atoms with Crippen molar-refractivity contribution < 1.29 is 23.2 Å². The molecule has 0 spiro atoms. The zero-order valence-corrected chi connectivity index (χ0v) is 19.3. The SMILES string of the molecule is Cc1c(F)cc(NC(=O)c2c(C)c(C(=O)C(=O)NC3(c4nncs4)CC3)n3c2CCC3)cc1F. The van der Waals surface area contributed by atoms with Crippen LogP contribution in [-0.2, 0) is 23.3 Å². The van der Waals surface area contributed by atoms with Crippen LogP contribution in [0.2, 0.25) is 0 Å². The van der Waals surface area contributed by atoms with Crippen LogP contribution in [0.3, 0.4) is 0 Å². The number of carbonyl (C=O) groups is 3. The predicted molar refractivity (Wildman–Crippen MR) is 120 cm³/mol. The van der Waals surface area contributed by atoms with E-state index in [4.69, 9.17) is 0 Å². The normalized spacial score (nSPS) is 15.6. The van der Waals surface area contributed by atoms with Crippen LogP contribution in [0.4, 0.5) is 14.5 Å². The molecule has 1 aliphatic heterocycles. The van der Waals surface area contributed by atoms with Gasteiger partial charge in [-0.25, -0.2) is 8.78 Å². The molecular weight excluding hydrogens is 464 g/mol. The lowest BCUT2D eigenvalue weighted by Gasteiger charge is -2.14. The van der Waals surface area contributed by atoms with E-state index in [1.807, 2.05) is 0 Å². The number of hydrogen-bond acceptors (Lipinski definition) is 6. The van der Waals surface area contributed by atoms with Crippen LogP contribution < -0.4 is 10.6 Å². The molecule has 1 aliphatic carbocycles. The number of aromatic nitrogens is 3. The van der Waals surface area contributed by atoms with E-state index >= 15 is 0 Å². The van der Waals surface area contributed by atoms with Crippen molar-refractivity contribution in [3.05, 3.63) is 62.4 Å². The van der Waals surface area contributed by atoms with Gasteiger partial charge < -0.3 is 15.2 Å². The highest BCUT2D eigenvalue weighted by molar-refractivity contribution is 7.09. The smallest absolute Gasteiger partial charge is 0.294 e. The predicted octanol–water partition coefficient (Wildman–Crippen LogP) is 3.42. The number of carbonyl (C=O) groups excluding carboxylic acids is 3. The average Bonchev–Trinajstić information content (AvgIpc) is 3.14. The van der Waals surface area contributed by atoms with Crippen LogP contribution in [-0.4, -0.2) is 32.4 Å². The number of anilines is 1. The van der Waals surface area contributed by atoms with Gasteiger partial charge in [-0.2, -0.15) is 0 Å². The third-order valence-corrected chi connectivity index (χ3v) is 7.36. The van der Waals surface area contributed by atoms with Gasteiger partial charge in [-0.1, -0.05) is 0 Å². The number of nitrogens with one attached hydrogen (secondary N) is 2. The van der Waals surface area contributed by atoms with Crippen LogP contribution in [0.25, 0.3) is 0 Å². The van der Waals surface area contributed by atoms with Crippen LogP contribution in [0.1, 0.15) is 61.9 Å². The minimum atomic E-state index is -0.772. The number of benzene rings is 1. The first kappa shape index (κ1) is 22.3. The Bertz CT molecular complexity index is 1320. The van der Waals surface area contributed by atoms with E-state index in [0.29, 0.717) is 48.5 Å². The van der Waals surface area contributed by atoms with Gasteiger partial charge in [-0.05, 0) is 57.2 Å². The molecule has 0 bridgehead atoms. The van der Waals surface area contributed by atoms with Crippen molar-refractivity contribution in [2.24, 2.45) is 0 Å². The fraction of sp³-hybridized carbons (Fsp3) is 0.348. The minimum Gasteiger partial charge on any atom is -0.341 e. The number of Topliss-reactive ketones (excluding diaryl/α,β-unsaturated/α-hetero) is 1. The second-order valence-electron chi connectivity index (χ2n) is 8.68. The fourth-order valence-corrected chi connectivity index (χ4v) is 5.27. The fourth-order valence-electron chi connectivity index (χ4n) is 4.50. The minimum absolute atomic E-state index is 0.0266. The maximum atomic E-state index is 13.9. The lowest BCUT2D eigenvalue weighted by atomic mass is 10.0. The van der Waals surface area contributed by atoms with Gasteiger partial charge in [0, 0.05) is 23.5 Å². The molecule has 3 aromatic rings. The number of nitrogens with zero attached hydrogens (tertiary/aromatic N) is 3. The summed E-state index contributed by atoms with van der Waals surface area (Å²) in [5, 5.41) is 13.8. The summed E-state index contributed by atoms with van der Waals surface area (Å²) < 4.78 is 29.6. The lowest BCUT2D eigenvalue weighted by molar-refractivity contribution is -0.118. The quantitative estimate of drug-likeness (QED) is 0.411. The van der Waals surface area contributed by atoms with E-state index in [-0.39, 0.29) is 22.5 Å². The molecule has 11 heteroatoms. The summed E-state index contributed by atoms with van der Waals surface area (Å²) in [5.41, 5.74) is 2.14. The zero-order chi connectivity index (χ0) is 24.2. The molecule has 1 aromatic carbocycles. The summed E-state index contributed by atoms with van der Waals surface area (Å²) >= 11 is 1.32. The molecule has 2 aliphatic rings. The summed E-state index contributed by atoms with van der Waals surface area (Å²) in [6, 6.07) is 2.09. The molecule has 8 nitrogen and oxygen atoms in total. The number of halogens is 2. The second kappa shape index (κ2) is 8.08. The molecule has 0 saturated heterocycles. The van der Waals surface area contributed by atoms with E-state index < -0.39 is 34.8 Å². The molecule has 176 valence electrons. The Hall–Kier alpha value is -3.47. The Morgan fingerprint density at radius 3 is 2.44 bits per heavy atom. The third-order valence-electron chi connectivity index (χ3n) is 6.47. The summed E-state index contributed by atoms with van der Waals surface area (Å²) in [7, 11) is 0. The highest BCUT2D eigenvalue weighted by atomic mass is 32.1. The van der Waals surface area contributed by atoms with Crippen molar-refractivity contribution in [2.75, 3.05) is 5.32 Å². The maximum absolute atomic E-state index is 13.9. The molecule has 34 heavy (non-hydrogen) atoms. The van der Waals surface area contributed by atoms with E-state index in [1.165, 1.54) is 18.3 Å². The van der Waals surface area contributed by atoms with Crippen molar-refractivity contribution in [3.8, 4) is 0 Å². The lowest BCUT2D eigenvalue weighted by Crippen LogP contribution is -2.40. The zero-order valence-electron chi connectivity index (χ0n) is 18.5. The summed E-state index contributed by atoms with van der Waals surface area (Å²) in [6.45, 7) is 3.41. The molecule has 0 radical (unpaired) electrons. The summed E-state index contributed by atoms with van der Waals surface area (Å²) in [4.78, 5) is 39.3. The highest BCUT2D eigenvalue weighted by Crippen LogP contribution is 2.46. The first-order chi connectivity index (χ1) is 16.2. The van der Waals surface area contributed by atoms with E-state index in [0.717, 1.165) is 12.1 Å². The maximum Gasteiger partial charge on any atom is 0.294 e. The van der Waals surface area contributed by atoms with Crippen LogP contribution in [0, 0.1) is 25.5 Å². The monoisotopic (exact) mass is 485 g/mol. The van der Waals surface area contributed by atoms with Crippen molar-refractivity contribution in [1.29, 1.82) is 0 Å². The molecule has 3 heterocycles. The average molecular weight is 486 g/mol. The van der Waals surface area contributed by atoms with Crippen molar-refractivity contribution in [1.82, 2.24) is 20.1 Å². The summed E-state index contributed by atoms with van der Waals surface area (Å²) in [6.07, 6.45) is 2.59. The highest BCUT2D eigenvalue weighted by Gasteiger charge is 2.49. The van der Waals surface area contributed by atoms with Gasteiger partial charge in [-0.3, -0.25) is 14.4 Å².